The molecule has 0 fully saturated rings. The van der Waals surface area contributed by atoms with E-state index in [1.54, 1.807) is 12.1 Å². The van der Waals surface area contributed by atoms with Crippen LogP contribution in [0, 0.1) is 10.1 Å². The van der Waals surface area contributed by atoms with Crippen molar-refractivity contribution < 1.29 is 14.4 Å². The van der Waals surface area contributed by atoms with Crippen molar-refractivity contribution in [3.8, 4) is 11.5 Å². The van der Waals surface area contributed by atoms with E-state index in [-0.39, 0.29) is 11.4 Å². The van der Waals surface area contributed by atoms with Crippen molar-refractivity contribution in [2.45, 2.75) is 40.0 Å². The fraction of sp³-hybridized carbons (Fsp3) is 0.647. The van der Waals surface area contributed by atoms with Gasteiger partial charge in [0, 0.05) is 18.7 Å². The van der Waals surface area contributed by atoms with Gasteiger partial charge >= 0.3 is 5.69 Å². The van der Waals surface area contributed by atoms with Crippen LogP contribution in [0.2, 0.25) is 0 Å². The standard InChI is InChI=1S/C17H28N2O4/c1-4-7-12-23-17-14-15(9-10-16(17)19(20)21)22-13-8-11-18(5-2)6-3/h9-10,14H,4-8,11-13H2,1-3H3. The minimum absolute atomic E-state index is 0.0170. The lowest BCUT2D eigenvalue weighted by atomic mass is 10.2. The second-order valence-corrected chi connectivity index (χ2v) is 5.32. The summed E-state index contributed by atoms with van der Waals surface area (Å²) in [6, 6.07) is 4.69. The van der Waals surface area contributed by atoms with Gasteiger partial charge in [-0.15, -0.1) is 0 Å². The normalized spacial score (nSPS) is 10.8. The van der Waals surface area contributed by atoms with Gasteiger partial charge in [0.25, 0.3) is 0 Å². The average Bonchev–Trinajstić information content (AvgIpc) is 2.55. The van der Waals surface area contributed by atoms with Crippen LogP contribution in [0.1, 0.15) is 40.0 Å². The van der Waals surface area contributed by atoms with Crippen LogP contribution < -0.4 is 9.47 Å². The summed E-state index contributed by atoms with van der Waals surface area (Å²) in [5, 5.41) is 11.0. The Morgan fingerprint density at radius 2 is 1.78 bits per heavy atom. The van der Waals surface area contributed by atoms with Crippen molar-refractivity contribution >= 4 is 5.69 Å². The molecule has 0 saturated heterocycles. The summed E-state index contributed by atoms with van der Waals surface area (Å²) in [5.74, 6) is 0.895. The molecule has 0 radical (unpaired) electrons. The van der Waals surface area contributed by atoms with Crippen LogP contribution >= 0.6 is 0 Å². The van der Waals surface area contributed by atoms with Gasteiger partial charge in [-0.3, -0.25) is 10.1 Å². The lowest BCUT2D eigenvalue weighted by molar-refractivity contribution is -0.385. The third kappa shape index (κ3) is 6.86. The Kier molecular flexibility index (Phi) is 9.05. The first-order valence-corrected chi connectivity index (χ1v) is 8.38. The highest BCUT2D eigenvalue weighted by Gasteiger charge is 2.16. The van der Waals surface area contributed by atoms with Gasteiger partial charge < -0.3 is 14.4 Å². The molecule has 0 aromatic heterocycles. The Morgan fingerprint density at radius 3 is 2.39 bits per heavy atom. The van der Waals surface area contributed by atoms with Crippen molar-refractivity contribution in [3.05, 3.63) is 28.3 Å². The highest BCUT2D eigenvalue weighted by atomic mass is 16.6. The lowest BCUT2D eigenvalue weighted by Crippen LogP contribution is -2.25. The molecule has 0 unspecified atom stereocenters. The summed E-state index contributed by atoms with van der Waals surface area (Å²) in [7, 11) is 0. The largest absolute Gasteiger partial charge is 0.493 e. The van der Waals surface area contributed by atoms with Crippen LogP contribution in [0.15, 0.2) is 18.2 Å². The van der Waals surface area contributed by atoms with Crippen LogP contribution in [0.3, 0.4) is 0 Å². The molecule has 130 valence electrons. The molecule has 6 nitrogen and oxygen atoms in total. The van der Waals surface area contributed by atoms with Crippen molar-refractivity contribution in [3.63, 3.8) is 0 Å². The molecule has 0 aliphatic rings. The zero-order valence-corrected chi connectivity index (χ0v) is 14.4. The summed E-state index contributed by atoms with van der Waals surface area (Å²) in [6.07, 6.45) is 2.77. The van der Waals surface area contributed by atoms with E-state index >= 15 is 0 Å². The molecule has 0 heterocycles. The maximum atomic E-state index is 11.0. The first-order valence-electron chi connectivity index (χ1n) is 8.38. The van der Waals surface area contributed by atoms with Crippen molar-refractivity contribution in [2.75, 3.05) is 32.8 Å². The second kappa shape index (κ2) is 10.8. The van der Waals surface area contributed by atoms with E-state index in [0.717, 1.165) is 38.9 Å². The number of unbranched alkanes of at least 4 members (excludes halogenated alkanes) is 1. The number of nitro benzene ring substituents is 1. The molecule has 0 N–H and O–H groups in total. The van der Waals surface area contributed by atoms with E-state index in [9.17, 15) is 10.1 Å². The molecule has 1 aromatic carbocycles. The molecule has 6 heteroatoms. The molecule has 0 saturated carbocycles. The molecule has 0 aliphatic carbocycles. The summed E-state index contributed by atoms with van der Waals surface area (Å²) in [6.45, 7) is 10.4. The SMILES string of the molecule is CCCCOc1cc(OCCCN(CC)CC)ccc1[N+](=O)[O-]. The zero-order chi connectivity index (χ0) is 17.1. The van der Waals surface area contributed by atoms with E-state index < -0.39 is 4.92 Å². The second-order valence-electron chi connectivity index (χ2n) is 5.32. The monoisotopic (exact) mass is 324 g/mol. The molecule has 0 amide bonds. The molecule has 0 atom stereocenters. The number of benzene rings is 1. The Bertz CT molecular complexity index is 476. The van der Waals surface area contributed by atoms with Crippen LogP contribution in [0.5, 0.6) is 11.5 Å². The van der Waals surface area contributed by atoms with Gasteiger partial charge in [-0.25, -0.2) is 0 Å². The van der Waals surface area contributed by atoms with Crippen LogP contribution in [-0.2, 0) is 0 Å². The molecule has 1 rings (SSSR count). The lowest BCUT2D eigenvalue weighted by Gasteiger charge is -2.17. The Labute approximate surface area is 138 Å². The fourth-order valence-corrected chi connectivity index (χ4v) is 2.20. The summed E-state index contributed by atoms with van der Waals surface area (Å²) in [4.78, 5) is 13.0. The van der Waals surface area contributed by atoms with Gasteiger partial charge in [0.2, 0.25) is 5.75 Å². The van der Waals surface area contributed by atoms with Gasteiger partial charge in [-0.2, -0.15) is 0 Å². The number of hydrogen-bond acceptors (Lipinski definition) is 5. The predicted molar refractivity (Wildman–Crippen MR) is 91.4 cm³/mol. The van der Waals surface area contributed by atoms with Gasteiger partial charge in [-0.05, 0) is 32.0 Å². The van der Waals surface area contributed by atoms with Crippen LogP contribution in [-0.4, -0.2) is 42.7 Å². The smallest absolute Gasteiger partial charge is 0.311 e. The average molecular weight is 324 g/mol. The summed E-state index contributed by atoms with van der Waals surface area (Å²) in [5.41, 5.74) is -0.0170. The highest BCUT2D eigenvalue weighted by Crippen LogP contribution is 2.31. The Hall–Kier alpha value is -1.82. The van der Waals surface area contributed by atoms with Crippen molar-refractivity contribution in [1.82, 2.24) is 4.90 Å². The van der Waals surface area contributed by atoms with Gasteiger partial charge in [0.05, 0.1) is 18.1 Å². The third-order valence-electron chi connectivity index (χ3n) is 3.67. The molecule has 0 bridgehead atoms. The summed E-state index contributed by atoms with van der Waals surface area (Å²) >= 11 is 0. The molecular formula is C17H28N2O4. The van der Waals surface area contributed by atoms with Crippen LogP contribution in [0.4, 0.5) is 5.69 Å². The molecule has 1 aromatic rings. The van der Waals surface area contributed by atoms with E-state index in [4.69, 9.17) is 9.47 Å². The molecular weight excluding hydrogens is 296 g/mol. The number of rotatable bonds is 12. The predicted octanol–water partition coefficient (Wildman–Crippen LogP) is 3.88. The number of nitrogens with zero attached hydrogens (tertiary/aromatic N) is 2. The molecule has 0 aliphatic heterocycles. The number of nitro groups is 1. The molecule has 0 spiro atoms. The van der Waals surface area contributed by atoms with Crippen molar-refractivity contribution in [1.29, 1.82) is 0 Å². The Balaban J connectivity index is 2.58. The third-order valence-corrected chi connectivity index (χ3v) is 3.67. The van der Waals surface area contributed by atoms with Crippen molar-refractivity contribution in [2.24, 2.45) is 0 Å². The van der Waals surface area contributed by atoms with E-state index in [1.165, 1.54) is 6.07 Å². The first-order chi connectivity index (χ1) is 11.1. The highest BCUT2D eigenvalue weighted by molar-refractivity contribution is 5.50. The topological polar surface area (TPSA) is 64.8 Å². The Morgan fingerprint density at radius 1 is 1.09 bits per heavy atom. The maximum absolute atomic E-state index is 11.0. The number of ether oxygens (including phenoxy) is 2. The van der Waals surface area contributed by atoms with E-state index in [0.29, 0.717) is 19.0 Å². The van der Waals surface area contributed by atoms with E-state index in [2.05, 4.69) is 18.7 Å². The number of hydrogen-bond donors (Lipinski definition) is 0. The fourth-order valence-electron chi connectivity index (χ4n) is 2.20. The molecule has 23 heavy (non-hydrogen) atoms. The van der Waals surface area contributed by atoms with Gasteiger partial charge in [0.15, 0.2) is 0 Å². The van der Waals surface area contributed by atoms with Gasteiger partial charge in [0.1, 0.15) is 5.75 Å². The first kappa shape index (κ1) is 19.2. The zero-order valence-electron chi connectivity index (χ0n) is 14.4. The van der Waals surface area contributed by atoms with Crippen LogP contribution in [0.25, 0.3) is 0 Å². The minimum Gasteiger partial charge on any atom is -0.493 e. The maximum Gasteiger partial charge on any atom is 0.311 e. The summed E-state index contributed by atoms with van der Waals surface area (Å²) < 4.78 is 11.2. The quantitative estimate of drug-likeness (QED) is 0.331. The van der Waals surface area contributed by atoms with E-state index in [1.807, 2.05) is 6.92 Å². The van der Waals surface area contributed by atoms with Gasteiger partial charge in [-0.1, -0.05) is 27.2 Å². The minimum atomic E-state index is -0.425.